The molecule has 2 aromatic rings. The van der Waals surface area contributed by atoms with E-state index in [4.69, 9.17) is 11.6 Å². The van der Waals surface area contributed by atoms with Gasteiger partial charge in [-0.25, -0.2) is 0 Å². The van der Waals surface area contributed by atoms with E-state index in [2.05, 4.69) is 24.4 Å². The van der Waals surface area contributed by atoms with Gasteiger partial charge in [0, 0.05) is 34.2 Å². The van der Waals surface area contributed by atoms with E-state index < -0.39 is 0 Å². The van der Waals surface area contributed by atoms with E-state index in [0.29, 0.717) is 11.8 Å². The number of amides is 1. The van der Waals surface area contributed by atoms with Crippen LogP contribution in [0, 0.1) is 0 Å². The van der Waals surface area contributed by atoms with E-state index in [1.54, 1.807) is 16.7 Å². The van der Waals surface area contributed by atoms with E-state index >= 15 is 0 Å². The van der Waals surface area contributed by atoms with Crippen LogP contribution < -0.4 is 10.2 Å². The molecule has 0 saturated carbocycles. The number of piperidine rings is 1. The average molecular weight is 378 g/mol. The summed E-state index contributed by atoms with van der Waals surface area (Å²) in [6.45, 7) is 5.83. The zero-order chi connectivity index (χ0) is 17.6. The van der Waals surface area contributed by atoms with Gasteiger partial charge in [0.15, 0.2) is 0 Å². The van der Waals surface area contributed by atoms with Crippen molar-refractivity contribution in [1.82, 2.24) is 5.32 Å². The lowest BCUT2D eigenvalue weighted by molar-refractivity contribution is -0.905. The third kappa shape index (κ3) is 4.90. The fourth-order valence-electron chi connectivity index (χ4n) is 3.57. The van der Waals surface area contributed by atoms with Gasteiger partial charge in [0.1, 0.15) is 0 Å². The Morgan fingerprint density at radius 3 is 2.68 bits per heavy atom. The van der Waals surface area contributed by atoms with Crippen molar-refractivity contribution in [2.45, 2.75) is 37.1 Å². The van der Waals surface area contributed by atoms with Gasteiger partial charge in [-0.3, -0.25) is 4.79 Å². The van der Waals surface area contributed by atoms with Crippen molar-refractivity contribution in [3.63, 3.8) is 0 Å². The van der Waals surface area contributed by atoms with Crippen LogP contribution in [-0.2, 0) is 4.79 Å². The summed E-state index contributed by atoms with van der Waals surface area (Å²) in [5, 5.41) is 6.11. The number of hydrogen-bond donors (Lipinski definition) is 2. The number of rotatable bonds is 6. The molecule has 0 aromatic heterocycles. The molecule has 3 rings (SSSR count). The maximum Gasteiger partial charge on any atom is 0.230 e. The van der Waals surface area contributed by atoms with Crippen molar-refractivity contribution in [3.8, 4) is 0 Å². The Balaban J connectivity index is 1.53. The first-order chi connectivity index (χ1) is 12.2. The Morgan fingerprint density at radius 2 is 1.96 bits per heavy atom. The van der Waals surface area contributed by atoms with E-state index in [1.807, 2.05) is 24.3 Å². The van der Waals surface area contributed by atoms with Gasteiger partial charge in [0.25, 0.3) is 0 Å². The second-order valence-electron chi connectivity index (χ2n) is 6.72. The molecule has 0 unspecified atom stereocenters. The third-order valence-corrected chi connectivity index (χ3v) is 6.21. The van der Waals surface area contributed by atoms with Gasteiger partial charge in [0.05, 0.1) is 25.4 Å². The molecule has 2 aromatic carbocycles. The van der Waals surface area contributed by atoms with E-state index in [0.717, 1.165) is 33.5 Å². The lowest BCUT2D eigenvalue weighted by atomic mass is 10.1. The first kappa shape index (κ1) is 18.6. The SMILES string of the molecule is CCC[NH+]1CCC(NC(=O)CSc2cccc3cccc(Cl)c23)CC1. The lowest BCUT2D eigenvalue weighted by Gasteiger charge is -2.29. The molecule has 1 saturated heterocycles. The van der Waals surface area contributed by atoms with Gasteiger partial charge in [-0.2, -0.15) is 0 Å². The number of thioether (sulfide) groups is 1. The Bertz CT molecular complexity index is 723. The molecule has 1 aliphatic heterocycles. The molecule has 1 aliphatic rings. The van der Waals surface area contributed by atoms with Crippen LogP contribution in [-0.4, -0.2) is 37.3 Å². The Kier molecular flexibility index (Phi) is 6.63. The fourth-order valence-corrected chi connectivity index (χ4v) is 4.83. The molecule has 5 heteroatoms. The number of halogens is 1. The molecule has 0 spiro atoms. The van der Waals surface area contributed by atoms with Crippen LogP contribution in [0.2, 0.25) is 5.02 Å². The van der Waals surface area contributed by atoms with Crippen molar-refractivity contribution < 1.29 is 9.69 Å². The molecule has 0 aliphatic carbocycles. The number of carbonyl (C=O) groups excluding carboxylic acids is 1. The number of carbonyl (C=O) groups is 1. The predicted molar refractivity (Wildman–Crippen MR) is 107 cm³/mol. The largest absolute Gasteiger partial charge is 0.352 e. The van der Waals surface area contributed by atoms with Crippen molar-refractivity contribution >= 4 is 40.0 Å². The smallest absolute Gasteiger partial charge is 0.230 e. The second kappa shape index (κ2) is 8.93. The summed E-state index contributed by atoms with van der Waals surface area (Å²) in [4.78, 5) is 15.1. The molecule has 1 heterocycles. The van der Waals surface area contributed by atoms with Crippen LogP contribution >= 0.6 is 23.4 Å². The molecule has 1 amide bonds. The molecule has 0 atom stereocenters. The average Bonchev–Trinajstić information content (AvgIpc) is 2.62. The summed E-state index contributed by atoms with van der Waals surface area (Å²) in [7, 11) is 0. The number of hydrogen-bond acceptors (Lipinski definition) is 2. The molecular formula is C20H26ClN2OS+. The van der Waals surface area contributed by atoms with Crippen LogP contribution in [0.5, 0.6) is 0 Å². The Morgan fingerprint density at radius 1 is 1.24 bits per heavy atom. The van der Waals surface area contributed by atoms with Gasteiger partial charge in [0.2, 0.25) is 5.91 Å². The third-order valence-electron chi connectivity index (χ3n) is 4.84. The molecule has 0 bridgehead atoms. The van der Waals surface area contributed by atoms with Gasteiger partial charge in [-0.1, -0.05) is 42.8 Å². The second-order valence-corrected chi connectivity index (χ2v) is 8.15. The Hall–Kier alpha value is -1.23. The fraction of sp³-hybridized carbons (Fsp3) is 0.450. The van der Waals surface area contributed by atoms with Gasteiger partial charge < -0.3 is 10.2 Å². The Labute approximate surface area is 159 Å². The zero-order valence-electron chi connectivity index (χ0n) is 14.7. The molecule has 25 heavy (non-hydrogen) atoms. The highest BCUT2D eigenvalue weighted by molar-refractivity contribution is 8.00. The molecule has 2 N–H and O–H groups in total. The summed E-state index contributed by atoms with van der Waals surface area (Å²) in [6, 6.07) is 12.4. The summed E-state index contributed by atoms with van der Waals surface area (Å²) in [5.41, 5.74) is 0. The van der Waals surface area contributed by atoms with Crippen molar-refractivity contribution in [3.05, 3.63) is 41.4 Å². The molecule has 1 fully saturated rings. The first-order valence-electron chi connectivity index (χ1n) is 9.10. The minimum absolute atomic E-state index is 0.123. The lowest BCUT2D eigenvalue weighted by Crippen LogP contribution is -3.13. The topological polar surface area (TPSA) is 33.5 Å². The minimum atomic E-state index is 0.123. The van der Waals surface area contributed by atoms with Crippen molar-refractivity contribution in [2.24, 2.45) is 0 Å². The van der Waals surface area contributed by atoms with E-state index in [-0.39, 0.29) is 5.91 Å². The summed E-state index contributed by atoms with van der Waals surface area (Å²) in [5.74, 6) is 0.560. The predicted octanol–water partition coefficient (Wildman–Crippen LogP) is 3.16. The number of benzene rings is 2. The van der Waals surface area contributed by atoms with Gasteiger partial charge in [-0.15, -0.1) is 11.8 Å². The number of fused-ring (bicyclic) bond motifs is 1. The van der Waals surface area contributed by atoms with E-state index in [9.17, 15) is 4.79 Å². The summed E-state index contributed by atoms with van der Waals surface area (Å²) >= 11 is 7.92. The van der Waals surface area contributed by atoms with E-state index in [1.165, 1.54) is 26.1 Å². The summed E-state index contributed by atoms with van der Waals surface area (Å²) in [6.07, 6.45) is 3.41. The maximum atomic E-state index is 12.3. The molecule has 3 nitrogen and oxygen atoms in total. The van der Waals surface area contributed by atoms with Crippen molar-refractivity contribution in [1.29, 1.82) is 0 Å². The van der Waals surface area contributed by atoms with Crippen LogP contribution in [0.1, 0.15) is 26.2 Å². The van der Waals surface area contributed by atoms with Gasteiger partial charge in [-0.05, 0) is 23.9 Å². The minimum Gasteiger partial charge on any atom is -0.352 e. The van der Waals surface area contributed by atoms with Gasteiger partial charge >= 0.3 is 0 Å². The number of nitrogens with one attached hydrogen (secondary N) is 2. The monoisotopic (exact) mass is 377 g/mol. The quantitative estimate of drug-likeness (QED) is 0.758. The highest BCUT2D eigenvalue weighted by Crippen LogP contribution is 2.33. The normalized spacial score (nSPS) is 20.6. The van der Waals surface area contributed by atoms with Crippen LogP contribution in [0.15, 0.2) is 41.3 Å². The first-order valence-corrected chi connectivity index (χ1v) is 10.5. The zero-order valence-corrected chi connectivity index (χ0v) is 16.3. The highest BCUT2D eigenvalue weighted by Gasteiger charge is 2.22. The molecule has 134 valence electrons. The molecule has 0 radical (unpaired) electrons. The number of likely N-dealkylation sites (tertiary alicyclic amines) is 1. The van der Waals surface area contributed by atoms with Crippen LogP contribution in [0.25, 0.3) is 10.8 Å². The summed E-state index contributed by atoms with van der Waals surface area (Å²) < 4.78 is 0. The standard InChI is InChI=1S/C20H25ClN2OS/c1-2-11-23-12-9-16(10-13-23)22-19(24)14-25-18-8-4-6-15-5-3-7-17(21)20(15)18/h3-8,16H,2,9-14H2,1H3,(H,22,24)/p+1. The maximum absolute atomic E-state index is 12.3. The van der Waals surface area contributed by atoms with Crippen molar-refractivity contribution in [2.75, 3.05) is 25.4 Å². The highest BCUT2D eigenvalue weighted by atomic mass is 35.5. The van der Waals surface area contributed by atoms with Crippen LogP contribution in [0.4, 0.5) is 0 Å². The van der Waals surface area contributed by atoms with Crippen LogP contribution in [0.3, 0.4) is 0 Å². The molecular weight excluding hydrogens is 352 g/mol. The number of quaternary nitrogens is 1.